The molecule has 0 saturated carbocycles. The summed E-state index contributed by atoms with van der Waals surface area (Å²) in [6.07, 6.45) is 1.35. The van der Waals surface area contributed by atoms with Crippen LogP contribution in [0.1, 0.15) is 27.2 Å². The topological polar surface area (TPSA) is 113 Å². The molecule has 4 aromatic rings. The Kier molecular flexibility index (Phi) is 8.40. The molecule has 0 spiro atoms. The average Bonchev–Trinajstić information content (AvgIpc) is 3.29. The Balaban J connectivity index is 1.19. The number of aryl methyl sites for hydroxylation is 2. The molecule has 1 unspecified atom stereocenters. The van der Waals surface area contributed by atoms with E-state index < -0.39 is 21.9 Å². The van der Waals surface area contributed by atoms with E-state index in [9.17, 15) is 13.8 Å². The molecule has 3 heterocycles. The van der Waals surface area contributed by atoms with Crippen molar-refractivity contribution in [1.29, 1.82) is 0 Å². The van der Waals surface area contributed by atoms with Gasteiger partial charge in [0.1, 0.15) is 49.5 Å². The molecule has 8 radical (unpaired) electrons. The molecule has 15 heteroatoms. The number of hydrogen-bond acceptors (Lipinski definition) is 8. The number of aromatic nitrogens is 3. The van der Waals surface area contributed by atoms with Gasteiger partial charge in [0, 0.05) is 29.5 Å². The molecule has 0 saturated heterocycles. The van der Waals surface area contributed by atoms with Gasteiger partial charge in [-0.1, -0.05) is 17.7 Å². The normalized spacial score (nSPS) is 13.9. The molecule has 1 aliphatic heterocycles. The summed E-state index contributed by atoms with van der Waals surface area (Å²) in [5.74, 6) is 0.819. The van der Waals surface area contributed by atoms with E-state index >= 15 is 0 Å². The zero-order valence-corrected chi connectivity index (χ0v) is 24.1. The molecule has 0 N–H and O–H groups in total. The monoisotopic (exact) mass is 586 g/mol. The second kappa shape index (κ2) is 11.9. The van der Waals surface area contributed by atoms with E-state index in [1.54, 1.807) is 48.5 Å². The Bertz CT molecular complexity index is 1750. The second-order valence-electron chi connectivity index (χ2n) is 9.96. The summed E-state index contributed by atoms with van der Waals surface area (Å²) in [5.41, 5.74) is 2.53. The minimum atomic E-state index is -2.34. The van der Waals surface area contributed by atoms with E-state index in [1.165, 1.54) is 41.0 Å². The molecule has 208 valence electrons. The number of nitrogens with zero attached hydrogens (tertiary/aromatic N) is 4. The minimum Gasteiger partial charge on any atom is -0.504 e. The number of carbonyl (C=O) groups excluding carboxylic acids is 1. The summed E-state index contributed by atoms with van der Waals surface area (Å²) >= 11 is -2.07. The second-order valence-corrected chi connectivity index (χ2v) is 11.1. The van der Waals surface area contributed by atoms with E-state index in [4.69, 9.17) is 45.0 Å². The summed E-state index contributed by atoms with van der Waals surface area (Å²) < 4.78 is 30.5. The van der Waals surface area contributed by atoms with E-state index in [0.29, 0.717) is 27.7 Å². The molecule has 2 aromatic heterocycles. The number of hydrogen-bond donors (Lipinski definition) is 0. The van der Waals surface area contributed by atoms with Gasteiger partial charge in [-0.25, -0.2) is 8.89 Å². The number of rotatable bonds is 10. The van der Waals surface area contributed by atoms with Crippen LogP contribution >= 0.6 is 0 Å². The third-order valence-electron chi connectivity index (χ3n) is 6.61. The van der Waals surface area contributed by atoms with E-state index in [1.807, 2.05) is 6.92 Å². The first-order chi connectivity index (χ1) is 20.3. The fourth-order valence-electron chi connectivity index (χ4n) is 4.08. The highest BCUT2D eigenvalue weighted by atomic mass is 32.2. The van der Waals surface area contributed by atoms with Crippen LogP contribution in [0.2, 0.25) is 0 Å². The van der Waals surface area contributed by atoms with E-state index in [-0.39, 0.29) is 30.4 Å². The van der Waals surface area contributed by atoms with Crippen molar-refractivity contribution in [3.8, 4) is 11.5 Å². The smallest absolute Gasteiger partial charge is 0.266 e. The molecule has 43 heavy (non-hydrogen) atoms. The Morgan fingerprint density at radius 1 is 0.930 bits per heavy atom. The third kappa shape index (κ3) is 6.62. The molecular formula is C28H22B4N4O6S. The lowest BCUT2D eigenvalue weighted by Gasteiger charge is -2.43. The quantitative estimate of drug-likeness (QED) is 0.256. The van der Waals surface area contributed by atoms with Crippen molar-refractivity contribution >= 4 is 54.2 Å². The number of carbonyl (C=O) groups is 1. The van der Waals surface area contributed by atoms with Crippen LogP contribution in [0.25, 0.3) is 0 Å². The highest BCUT2D eigenvalue weighted by Crippen LogP contribution is 2.30. The van der Waals surface area contributed by atoms with Crippen LogP contribution in [-0.2, 0) is 35.5 Å². The van der Waals surface area contributed by atoms with Crippen molar-refractivity contribution in [1.82, 2.24) is 14.8 Å². The highest BCUT2D eigenvalue weighted by Gasteiger charge is 2.40. The van der Waals surface area contributed by atoms with Crippen LogP contribution in [0.4, 0.5) is 5.82 Å². The minimum absolute atomic E-state index is 0.103. The number of ether oxygens (including phenoxy) is 2. The maximum atomic E-state index is 12.9. The molecule has 1 aliphatic rings. The van der Waals surface area contributed by atoms with Crippen LogP contribution < -0.4 is 19.9 Å². The van der Waals surface area contributed by atoms with Gasteiger partial charge >= 0.3 is 0 Å². The zero-order chi connectivity index (χ0) is 30.9. The van der Waals surface area contributed by atoms with Gasteiger partial charge in [-0.3, -0.25) is 23.7 Å². The van der Waals surface area contributed by atoms with Gasteiger partial charge in [0.15, 0.2) is 16.9 Å². The SMILES string of the molecule is [B]C([B])(Oc1ccc(COc2ccc3c(c2)CN(c2ccc(=O)n(C)n2)C3=O)nc1)C([B])([B])OS(=O)c1ccc(C)cc1. The first-order valence-electron chi connectivity index (χ1n) is 12.9. The molecule has 0 fully saturated rings. The summed E-state index contributed by atoms with van der Waals surface area (Å²) in [6.45, 7) is 2.27. The molecule has 1 atom stereocenters. The van der Waals surface area contributed by atoms with Crippen molar-refractivity contribution < 1.29 is 22.7 Å². The Morgan fingerprint density at radius 2 is 1.65 bits per heavy atom. The number of amides is 1. The number of pyridine rings is 1. The van der Waals surface area contributed by atoms with Crippen LogP contribution in [0.15, 0.2) is 82.6 Å². The first kappa shape index (κ1) is 30.4. The predicted octanol–water partition coefficient (Wildman–Crippen LogP) is 1.32. The molecule has 2 aromatic carbocycles. The van der Waals surface area contributed by atoms with Gasteiger partial charge in [-0.15, -0.1) is 0 Å². The fraction of sp³-hybridized carbons (Fsp3) is 0.214. The maximum absolute atomic E-state index is 12.9. The lowest BCUT2D eigenvalue weighted by atomic mass is 9.42. The number of fused-ring (bicyclic) bond motifs is 1. The van der Waals surface area contributed by atoms with Crippen LogP contribution in [0.3, 0.4) is 0 Å². The van der Waals surface area contributed by atoms with Crippen molar-refractivity contribution in [2.75, 3.05) is 4.90 Å². The molecule has 0 aliphatic carbocycles. The maximum Gasteiger partial charge on any atom is 0.266 e. The van der Waals surface area contributed by atoms with Crippen LogP contribution in [-0.4, -0.2) is 67.1 Å². The predicted molar refractivity (Wildman–Crippen MR) is 163 cm³/mol. The van der Waals surface area contributed by atoms with Crippen LogP contribution in [0, 0.1) is 6.92 Å². The standard InChI is InChI=1S/C28H22B4N4O6S/c1-17-3-8-22(9-4-17)43(39)42-28(31,32)27(29,30)41-21-6-5-19(33-14-21)16-40-20-7-10-23-18(13-20)15-36(26(23)38)24-11-12-25(37)35(2)34-24/h3-14H,15-16H2,1-2H3. The largest absolute Gasteiger partial charge is 0.504 e. The molecule has 0 bridgehead atoms. The van der Waals surface area contributed by atoms with E-state index in [2.05, 4.69) is 10.1 Å². The zero-order valence-electron chi connectivity index (χ0n) is 23.3. The summed E-state index contributed by atoms with van der Waals surface area (Å²) in [6, 6.07) is 17.9. The first-order valence-corrected chi connectivity index (χ1v) is 14.0. The van der Waals surface area contributed by atoms with Crippen molar-refractivity contribution in [2.24, 2.45) is 7.05 Å². The average molecular weight is 586 g/mol. The summed E-state index contributed by atoms with van der Waals surface area (Å²) in [4.78, 5) is 30.6. The number of anilines is 1. The van der Waals surface area contributed by atoms with Gasteiger partial charge in [0.2, 0.25) is 0 Å². The summed E-state index contributed by atoms with van der Waals surface area (Å²) in [7, 11) is 25.5. The number of benzene rings is 2. The highest BCUT2D eigenvalue weighted by molar-refractivity contribution is 7.80. The fourth-order valence-corrected chi connectivity index (χ4v) is 4.92. The van der Waals surface area contributed by atoms with E-state index in [0.717, 1.165) is 11.1 Å². The van der Waals surface area contributed by atoms with Gasteiger partial charge in [-0.2, -0.15) is 5.10 Å². The molecule has 10 nitrogen and oxygen atoms in total. The lowest BCUT2D eigenvalue weighted by Crippen LogP contribution is -2.62. The summed E-state index contributed by atoms with van der Waals surface area (Å²) in [5, 5.41) is -0.464. The Morgan fingerprint density at radius 3 is 2.33 bits per heavy atom. The van der Waals surface area contributed by atoms with Crippen molar-refractivity contribution in [2.45, 2.75) is 35.8 Å². The van der Waals surface area contributed by atoms with Gasteiger partial charge < -0.3 is 9.47 Å². The Labute approximate surface area is 256 Å². The van der Waals surface area contributed by atoms with Crippen LogP contribution in [0.5, 0.6) is 11.5 Å². The van der Waals surface area contributed by atoms with Gasteiger partial charge in [-0.05, 0) is 61.0 Å². The molecule has 5 rings (SSSR count). The Hall–Kier alpha value is -4.09. The van der Waals surface area contributed by atoms with Gasteiger partial charge in [0.25, 0.3) is 11.5 Å². The van der Waals surface area contributed by atoms with Gasteiger partial charge in [0.05, 0.1) is 23.3 Å². The van der Waals surface area contributed by atoms with Crippen molar-refractivity contribution in [3.05, 3.63) is 106 Å². The van der Waals surface area contributed by atoms with Crippen molar-refractivity contribution in [3.63, 3.8) is 0 Å². The lowest BCUT2D eigenvalue weighted by molar-refractivity contribution is 0.0995. The molecule has 1 amide bonds. The third-order valence-corrected chi connectivity index (χ3v) is 7.70. The molecular weight excluding hydrogens is 564 g/mol.